The highest BCUT2D eigenvalue weighted by atomic mass is 16.1. The topological polar surface area (TPSA) is 29.1 Å². The van der Waals surface area contributed by atoms with Gasteiger partial charge in [-0.3, -0.25) is 4.79 Å². The molecule has 86 valence electrons. The Morgan fingerprint density at radius 1 is 1.29 bits per heavy atom. The summed E-state index contributed by atoms with van der Waals surface area (Å²) in [5.41, 5.74) is 0. The first-order valence-electron chi connectivity index (χ1n) is 5.93. The lowest BCUT2D eigenvalue weighted by Gasteiger charge is -2.05. The predicted molar refractivity (Wildman–Crippen MR) is 63.3 cm³/mol. The van der Waals surface area contributed by atoms with E-state index in [4.69, 9.17) is 0 Å². The van der Waals surface area contributed by atoms with Gasteiger partial charge in [0, 0.05) is 13.0 Å². The second-order valence-corrected chi connectivity index (χ2v) is 3.64. The zero-order valence-corrected chi connectivity index (χ0v) is 10.5. The monoisotopic (exact) mass is 201 g/mol. The number of amides is 1. The lowest BCUT2D eigenvalue weighted by atomic mass is 10.1. The zero-order chi connectivity index (χ0) is 11.4. The van der Waals surface area contributed by atoms with Crippen LogP contribution in [-0.2, 0) is 4.79 Å². The summed E-state index contributed by atoms with van der Waals surface area (Å²) in [6.07, 6.45) is 3.91. The van der Waals surface area contributed by atoms with Gasteiger partial charge in [-0.05, 0) is 25.2 Å². The summed E-state index contributed by atoms with van der Waals surface area (Å²) in [5.74, 6) is 0.939. The SMILES string of the molecule is CC.CCCC(=O)NCCCC(C)C. The summed E-state index contributed by atoms with van der Waals surface area (Å²) in [4.78, 5) is 11.0. The maximum Gasteiger partial charge on any atom is 0.219 e. The number of carbonyl (C=O) groups is 1. The molecule has 0 atom stereocenters. The average Bonchev–Trinajstić information content (AvgIpc) is 2.16. The summed E-state index contributed by atoms with van der Waals surface area (Å²) in [6, 6.07) is 0. The van der Waals surface area contributed by atoms with Crippen molar-refractivity contribution >= 4 is 5.91 Å². The molecule has 0 unspecified atom stereocenters. The highest BCUT2D eigenvalue weighted by molar-refractivity contribution is 5.75. The molecule has 1 amide bonds. The lowest BCUT2D eigenvalue weighted by Crippen LogP contribution is -2.23. The maximum atomic E-state index is 11.0. The fourth-order valence-corrected chi connectivity index (χ4v) is 1.05. The molecule has 0 saturated heterocycles. The Kier molecular flexibility index (Phi) is 14.2. The average molecular weight is 201 g/mol. The molecule has 2 heteroatoms. The second-order valence-electron chi connectivity index (χ2n) is 3.64. The number of carbonyl (C=O) groups excluding carboxylic acids is 1. The molecule has 0 aliphatic heterocycles. The van der Waals surface area contributed by atoms with Gasteiger partial charge in [0.25, 0.3) is 0 Å². The van der Waals surface area contributed by atoms with Crippen LogP contribution in [0.4, 0.5) is 0 Å². The third kappa shape index (κ3) is 14.0. The van der Waals surface area contributed by atoms with Crippen LogP contribution in [0.2, 0.25) is 0 Å². The van der Waals surface area contributed by atoms with Gasteiger partial charge in [-0.2, -0.15) is 0 Å². The van der Waals surface area contributed by atoms with Crippen LogP contribution in [-0.4, -0.2) is 12.5 Å². The van der Waals surface area contributed by atoms with E-state index in [-0.39, 0.29) is 5.91 Å². The van der Waals surface area contributed by atoms with Crippen molar-refractivity contribution in [1.29, 1.82) is 0 Å². The van der Waals surface area contributed by atoms with Gasteiger partial charge in [-0.25, -0.2) is 0 Å². The van der Waals surface area contributed by atoms with E-state index < -0.39 is 0 Å². The van der Waals surface area contributed by atoms with E-state index in [0.717, 1.165) is 25.3 Å². The molecule has 2 nitrogen and oxygen atoms in total. The van der Waals surface area contributed by atoms with Crippen molar-refractivity contribution in [3.05, 3.63) is 0 Å². The highest BCUT2D eigenvalue weighted by Crippen LogP contribution is 2.01. The van der Waals surface area contributed by atoms with Crippen LogP contribution < -0.4 is 5.32 Å². The van der Waals surface area contributed by atoms with Crippen molar-refractivity contribution in [2.75, 3.05) is 6.54 Å². The maximum absolute atomic E-state index is 11.0. The Bertz CT molecular complexity index is 121. The van der Waals surface area contributed by atoms with Crippen LogP contribution >= 0.6 is 0 Å². The molecule has 0 bridgehead atoms. The molecule has 0 heterocycles. The van der Waals surface area contributed by atoms with Crippen LogP contribution in [0.5, 0.6) is 0 Å². The van der Waals surface area contributed by atoms with E-state index in [1.165, 1.54) is 6.42 Å². The summed E-state index contributed by atoms with van der Waals surface area (Å²) in [7, 11) is 0. The van der Waals surface area contributed by atoms with Crippen LogP contribution in [0.15, 0.2) is 0 Å². The molecule has 0 aromatic rings. The van der Waals surface area contributed by atoms with Crippen molar-refractivity contribution in [2.45, 2.75) is 60.3 Å². The Morgan fingerprint density at radius 3 is 2.29 bits per heavy atom. The van der Waals surface area contributed by atoms with Gasteiger partial charge in [-0.1, -0.05) is 34.6 Å². The summed E-state index contributed by atoms with van der Waals surface area (Å²) in [5, 5.41) is 2.90. The van der Waals surface area contributed by atoms with Gasteiger partial charge in [-0.15, -0.1) is 0 Å². The molecule has 0 fully saturated rings. The standard InChI is InChI=1S/C10H21NO.C2H6/c1-4-6-10(12)11-8-5-7-9(2)3;1-2/h9H,4-8H2,1-3H3,(H,11,12);1-2H3. The molecule has 0 spiro atoms. The second kappa shape index (κ2) is 12.5. The normalized spacial score (nSPS) is 9.29. The Hall–Kier alpha value is -0.530. The summed E-state index contributed by atoms with van der Waals surface area (Å²) < 4.78 is 0. The Morgan fingerprint density at radius 2 is 1.86 bits per heavy atom. The minimum Gasteiger partial charge on any atom is -0.356 e. The predicted octanol–water partition coefficient (Wildman–Crippen LogP) is 3.37. The lowest BCUT2D eigenvalue weighted by molar-refractivity contribution is -0.121. The quantitative estimate of drug-likeness (QED) is 0.656. The van der Waals surface area contributed by atoms with E-state index in [1.807, 2.05) is 20.8 Å². The summed E-state index contributed by atoms with van der Waals surface area (Å²) in [6.45, 7) is 11.3. The Labute approximate surface area is 89.5 Å². The molecule has 14 heavy (non-hydrogen) atoms. The van der Waals surface area contributed by atoms with Crippen molar-refractivity contribution in [3.8, 4) is 0 Å². The van der Waals surface area contributed by atoms with Gasteiger partial charge in [0.15, 0.2) is 0 Å². The van der Waals surface area contributed by atoms with E-state index >= 15 is 0 Å². The van der Waals surface area contributed by atoms with Crippen LogP contribution in [0.3, 0.4) is 0 Å². The fourth-order valence-electron chi connectivity index (χ4n) is 1.05. The highest BCUT2D eigenvalue weighted by Gasteiger charge is 1.98. The minimum absolute atomic E-state index is 0.196. The molecule has 0 aromatic heterocycles. The van der Waals surface area contributed by atoms with Crippen molar-refractivity contribution in [3.63, 3.8) is 0 Å². The van der Waals surface area contributed by atoms with E-state index in [0.29, 0.717) is 6.42 Å². The largest absolute Gasteiger partial charge is 0.356 e. The molecule has 0 radical (unpaired) electrons. The Balaban J connectivity index is 0. The van der Waals surface area contributed by atoms with E-state index in [2.05, 4.69) is 19.2 Å². The molecule has 0 aromatic carbocycles. The van der Waals surface area contributed by atoms with Gasteiger partial charge < -0.3 is 5.32 Å². The van der Waals surface area contributed by atoms with E-state index in [9.17, 15) is 4.79 Å². The van der Waals surface area contributed by atoms with Crippen LogP contribution in [0.25, 0.3) is 0 Å². The van der Waals surface area contributed by atoms with E-state index in [1.54, 1.807) is 0 Å². The number of rotatable bonds is 6. The van der Waals surface area contributed by atoms with Crippen molar-refractivity contribution < 1.29 is 4.79 Å². The smallest absolute Gasteiger partial charge is 0.219 e. The zero-order valence-electron chi connectivity index (χ0n) is 10.5. The van der Waals surface area contributed by atoms with Gasteiger partial charge in [0.1, 0.15) is 0 Å². The number of hydrogen-bond acceptors (Lipinski definition) is 1. The van der Waals surface area contributed by atoms with Crippen molar-refractivity contribution in [2.24, 2.45) is 5.92 Å². The molecule has 0 aliphatic rings. The van der Waals surface area contributed by atoms with Gasteiger partial charge in [0.2, 0.25) is 5.91 Å². The molecule has 1 N–H and O–H groups in total. The third-order valence-corrected chi connectivity index (χ3v) is 1.76. The van der Waals surface area contributed by atoms with Gasteiger partial charge >= 0.3 is 0 Å². The molecule has 0 saturated carbocycles. The summed E-state index contributed by atoms with van der Waals surface area (Å²) >= 11 is 0. The third-order valence-electron chi connectivity index (χ3n) is 1.76. The van der Waals surface area contributed by atoms with Crippen molar-refractivity contribution in [1.82, 2.24) is 5.32 Å². The minimum atomic E-state index is 0.196. The molecule has 0 aliphatic carbocycles. The molecular weight excluding hydrogens is 174 g/mol. The van der Waals surface area contributed by atoms with Crippen LogP contribution in [0.1, 0.15) is 60.3 Å². The first kappa shape index (κ1) is 15.9. The molecule has 0 rings (SSSR count). The first-order valence-corrected chi connectivity index (χ1v) is 5.93. The molecular formula is C12H27NO. The van der Waals surface area contributed by atoms with Crippen LogP contribution in [0, 0.1) is 5.92 Å². The number of nitrogens with one attached hydrogen (secondary N) is 1. The number of hydrogen-bond donors (Lipinski definition) is 1. The first-order chi connectivity index (χ1) is 6.66. The fraction of sp³-hybridized carbons (Fsp3) is 0.917. The van der Waals surface area contributed by atoms with Gasteiger partial charge in [0.05, 0.1) is 0 Å².